The molecule has 0 radical (unpaired) electrons. The molecule has 1 amide bonds. The van der Waals surface area contributed by atoms with Crippen molar-refractivity contribution in [3.8, 4) is 0 Å². The fourth-order valence-corrected chi connectivity index (χ4v) is 1.51. The molecule has 4 nitrogen and oxygen atoms in total. The van der Waals surface area contributed by atoms with Crippen LogP contribution < -0.4 is 5.32 Å². The molecule has 0 aromatic heterocycles. The highest BCUT2D eigenvalue weighted by Crippen LogP contribution is 2.36. The summed E-state index contributed by atoms with van der Waals surface area (Å²) in [6.07, 6.45) is 2.80. The summed E-state index contributed by atoms with van der Waals surface area (Å²) in [6.45, 7) is 4.05. The van der Waals surface area contributed by atoms with Crippen molar-refractivity contribution in [2.75, 3.05) is 6.54 Å². The SMILES string of the molecule is CC(CCNC(=O)C(C)C1CC1)C(=O)O. The normalized spacial score (nSPS) is 19.3. The third-order valence-corrected chi connectivity index (χ3v) is 3.04. The van der Waals surface area contributed by atoms with Crippen molar-refractivity contribution in [2.24, 2.45) is 17.8 Å². The fourth-order valence-electron chi connectivity index (χ4n) is 1.51. The second-order valence-corrected chi connectivity index (χ2v) is 4.45. The average molecular weight is 213 g/mol. The molecule has 15 heavy (non-hydrogen) atoms. The van der Waals surface area contributed by atoms with Crippen LogP contribution in [0.4, 0.5) is 0 Å². The van der Waals surface area contributed by atoms with Crippen molar-refractivity contribution in [3.63, 3.8) is 0 Å². The quantitative estimate of drug-likeness (QED) is 0.698. The Bertz CT molecular complexity index is 248. The van der Waals surface area contributed by atoms with Gasteiger partial charge in [0.2, 0.25) is 5.91 Å². The molecule has 0 heterocycles. The molecule has 1 saturated carbocycles. The van der Waals surface area contributed by atoms with Crippen LogP contribution in [-0.2, 0) is 9.59 Å². The molecule has 2 unspecified atom stereocenters. The molecule has 2 atom stereocenters. The van der Waals surface area contributed by atoms with Gasteiger partial charge in [-0.25, -0.2) is 0 Å². The van der Waals surface area contributed by atoms with Gasteiger partial charge in [0.05, 0.1) is 5.92 Å². The lowest BCUT2D eigenvalue weighted by atomic mass is 10.1. The van der Waals surface area contributed by atoms with Gasteiger partial charge in [0.15, 0.2) is 0 Å². The van der Waals surface area contributed by atoms with Gasteiger partial charge in [-0.2, -0.15) is 0 Å². The molecule has 1 aliphatic carbocycles. The number of carbonyl (C=O) groups is 2. The summed E-state index contributed by atoms with van der Waals surface area (Å²) < 4.78 is 0. The summed E-state index contributed by atoms with van der Waals surface area (Å²) in [6, 6.07) is 0. The highest BCUT2D eigenvalue weighted by atomic mass is 16.4. The number of carboxylic acid groups (broad SMARTS) is 1. The van der Waals surface area contributed by atoms with Crippen molar-refractivity contribution in [1.29, 1.82) is 0 Å². The second kappa shape index (κ2) is 5.14. The average Bonchev–Trinajstić information content (AvgIpc) is 2.99. The molecule has 1 aliphatic rings. The lowest BCUT2D eigenvalue weighted by Crippen LogP contribution is -2.32. The van der Waals surface area contributed by atoms with Crippen molar-refractivity contribution in [2.45, 2.75) is 33.1 Å². The largest absolute Gasteiger partial charge is 0.481 e. The van der Waals surface area contributed by atoms with Crippen LogP contribution >= 0.6 is 0 Å². The number of hydrogen-bond acceptors (Lipinski definition) is 2. The van der Waals surface area contributed by atoms with Gasteiger partial charge in [-0.15, -0.1) is 0 Å². The first-order valence-electron chi connectivity index (χ1n) is 5.53. The first kappa shape index (κ1) is 12.0. The van der Waals surface area contributed by atoms with Crippen LogP contribution in [0.2, 0.25) is 0 Å². The Morgan fingerprint density at radius 2 is 2.00 bits per heavy atom. The Balaban J connectivity index is 2.13. The minimum atomic E-state index is -0.806. The number of amides is 1. The summed E-state index contributed by atoms with van der Waals surface area (Å²) in [5, 5.41) is 11.4. The van der Waals surface area contributed by atoms with Gasteiger partial charge < -0.3 is 10.4 Å². The van der Waals surface area contributed by atoms with E-state index >= 15 is 0 Å². The van der Waals surface area contributed by atoms with Crippen molar-refractivity contribution < 1.29 is 14.7 Å². The predicted octanol–water partition coefficient (Wildman–Crippen LogP) is 1.26. The summed E-state index contributed by atoms with van der Waals surface area (Å²) in [4.78, 5) is 22.0. The molecule has 1 fully saturated rings. The zero-order valence-electron chi connectivity index (χ0n) is 9.32. The van der Waals surface area contributed by atoms with E-state index in [1.54, 1.807) is 6.92 Å². The Labute approximate surface area is 90.0 Å². The lowest BCUT2D eigenvalue weighted by molar-refractivity contribution is -0.141. The van der Waals surface area contributed by atoms with E-state index in [1.165, 1.54) is 0 Å². The Morgan fingerprint density at radius 3 is 2.47 bits per heavy atom. The first-order chi connectivity index (χ1) is 7.02. The predicted molar refractivity (Wildman–Crippen MR) is 56.3 cm³/mol. The van der Waals surface area contributed by atoms with E-state index in [2.05, 4.69) is 5.32 Å². The van der Waals surface area contributed by atoms with Crippen molar-refractivity contribution in [3.05, 3.63) is 0 Å². The van der Waals surface area contributed by atoms with Crippen LogP contribution in [0.1, 0.15) is 33.1 Å². The van der Waals surface area contributed by atoms with Gasteiger partial charge >= 0.3 is 5.97 Å². The molecular weight excluding hydrogens is 194 g/mol. The highest BCUT2D eigenvalue weighted by molar-refractivity contribution is 5.79. The van der Waals surface area contributed by atoms with Crippen LogP contribution in [0.25, 0.3) is 0 Å². The summed E-state index contributed by atoms with van der Waals surface area (Å²) >= 11 is 0. The molecule has 86 valence electrons. The molecule has 0 aromatic carbocycles. The van der Waals surface area contributed by atoms with E-state index in [1.807, 2.05) is 6.92 Å². The third-order valence-electron chi connectivity index (χ3n) is 3.04. The number of hydrogen-bond donors (Lipinski definition) is 2. The van der Waals surface area contributed by atoms with Gasteiger partial charge in [0.25, 0.3) is 0 Å². The first-order valence-corrected chi connectivity index (χ1v) is 5.53. The Kier molecular flexibility index (Phi) is 4.12. The molecule has 2 N–H and O–H groups in total. The fraction of sp³-hybridized carbons (Fsp3) is 0.818. The van der Waals surface area contributed by atoms with Crippen LogP contribution in [0.5, 0.6) is 0 Å². The second-order valence-electron chi connectivity index (χ2n) is 4.45. The van der Waals surface area contributed by atoms with Gasteiger partial charge in [-0.1, -0.05) is 13.8 Å². The van der Waals surface area contributed by atoms with Crippen LogP contribution in [0.15, 0.2) is 0 Å². The van der Waals surface area contributed by atoms with Gasteiger partial charge in [-0.3, -0.25) is 9.59 Å². The van der Waals surface area contributed by atoms with Gasteiger partial charge in [0.1, 0.15) is 0 Å². The molecule has 4 heteroatoms. The molecule has 1 rings (SSSR count). The zero-order chi connectivity index (χ0) is 11.4. The highest BCUT2D eigenvalue weighted by Gasteiger charge is 2.32. The number of aliphatic carboxylic acids is 1. The van der Waals surface area contributed by atoms with Crippen molar-refractivity contribution in [1.82, 2.24) is 5.32 Å². The van der Waals surface area contributed by atoms with Gasteiger partial charge in [-0.05, 0) is 25.2 Å². The molecule has 0 aromatic rings. The number of carbonyl (C=O) groups excluding carboxylic acids is 1. The maximum absolute atomic E-state index is 11.5. The van der Waals surface area contributed by atoms with Crippen LogP contribution in [0, 0.1) is 17.8 Å². The summed E-state index contributed by atoms with van der Waals surface area (Å²) in [5.74, 6) is -0.483. The maximum atomic E-state index is 11.5. The maximum Gasteiger partial charge on any atom is 0.306 e. The van der Waals surface area contributed by atoms with E-state index in [4.69, 9.17) is 5.11 Å². The van der Waals surface area contributed by atoms with E-state index in [9.17, 15) is 9.59 Å². The number of nitrogens with one attached hydrogen (secondary N) is 1. The van der Waals surface area contributed by atoms with Crippen LogP contribution in [-0.4, -0.2) is 23.5 Å². The Hall–Kier alpha value is -1.06. The van der Waals surface area contributed by atoms with E-state index in [0.717, 1.165) is 12.8 Å². The lowest BCUT2D eigenvalue weighted by Gasteiger charge is -2.12. The van der Waals surface area contributed by atoms with E-state index in [0.29, 0.717) is 18.9 Å². The Morgan fingerprint density at radius 1 is 1.40 bits per heavy atom. The smallest absolute Gasteiger partial charge is 0.306 e. The number of carboxylic acids is 1. The topological polar surface area (TPSA) is 66.4 Å². The summed E-state index contributed by atoms with van der Waals surface area (Å²) in [5.41, 5.74) is 0. The molecule has 0 aliphatic heterocycles. The number of rotatable bonds is 6. The van der Waals surface area contributed by atoms with E-state index in [-0.39, 0.29) is 17.7 Å². The monoisotopic (exact) mass is 213 g/mol. The van der Waals surface area contributed by atoms with E-state index < -0.39 is 5.97 Å². The van der Waals surface area contributed by atoms with Crippen molar-refractivity contribution >= 4 is 11.9 Å². The third kappa shape index (κ3) is 3.90. The molecular formula is C11H19NO3. The minimum absolute atomic E-state index is 0.0649. The van der Waals surface area contributed by atoms with Crippen LogP contribution in [0.3, 0.4) is 0 Å². The zero-order valence-corrected chi connectivity index (χ0v) is 9.32. The standard InChI is InChI=1S/C11H19NO3/c1-7(11(14)15)5-6-12-10(13)8(2)9-3-4-9/h7-9H,3-6H2,1-2H3,(H,12,13)(H,14,15). The summed E-state index contributed by atoms with van der Waals surface area (Å²) in [7, 11) is 0. The molecule has 0 saturated heterocycles. The molecule has 0 bridgehead atoms. The van der Waals surface area contributed by atoms with Gasteiger partial charge in [0, 0.05) is 12.5 Å². The molecule has 0 spiro atoms. The minimum Gasteiger partial charge on any atom is -0.481 e.